The minimum atomic E-state index is 0. The molecule has 0 aliphatic rings. The summed E-state index contributed by atoms with van der Waals surface area (Å²) in [5.41, 5.74) is 0. The van der Waals surface area contributed by atoms with E-state index in [2.05, 4.69) is 13.8 Å². The molecule has 0 saturated carbocycles. The van der Waals surface area contributed by atoms with E-state index in [0.29, 0.717) is 6.79 Å². The first-order valence-corrected chi connectivity index (χ1v) is 3.57. The maximum Gasteiger partial charge on any atom is 0.146 e. The third-order valence-corrected chi connectivity index (χ3v) is 0.864. The first kappa shape index (κ1) is 46.1. The zero-order valence-electron chi connectivity index (χ0n) is 6.35. The summed E-state index contributed by atoms with van der Waals surface area (Å²) in [4.78, 5) is 0. The van der Waals surface area contributed by atoms with Gasteiger partial charge in [-0.1, -0.05) is 58.4 Å². The van der Waals surface area contributed by atoms with E-state index in [-0.39, 0.29) is 44.6 Å². The third-order valence-electron chi connectivity index (χ3n) is 0.864. The van der Waals surface area contributed by atoms with Crippen LogP contribution in [0.5, 0.6) is 0 Å². The molecule has 0 spiro atoms. The maximum absolute atomic E-state index is 5.06. The molecule has 0 aromatic heterocycles. The lowest BCUT2D eigenvalue weighted by Crippen LogP contribution is -2.00. The molecule has 0 bridgehead atoms. The summed E-state index contributed by atoms with van der Waals surface area (Å²) in [6.45, 7) is 6.24. The molecule has 0 radical (unpaired) electrons. The number of hydrogen-bond acceptors (Lipinski definition) is 2. The van der Waals surface area contributed by atoms with Crippen LogP contribution in [0, 0.1) is 0 Å². The Morgan fingerprint density at radius 3 is 1.07 bits per heavy atom. The molecule has 0 amide bonds. The van der Waals surface area contributed by atoms with Gasteiger partial charge in [-0.3, -0.25) is 0 Å². The van der Waals surface area contributed by atoms with Gasteiger partial charge in [0.05, 0.1) is 0 Å². The van der Waals surface area contributed by atoms with Crippen LogP contribution in [0.1, 0.15) is 71.2 Å². The molecule has 2 nitrogen and oxygen atoms in total. The van der Waals surface area contributed by atoms with E-state index in [1.165, 1.54) is 0 Å². The number of ether oxygens (including phenoxy) is 2. The lowest BCUT2D eigenvalue weighted by atomic mass is 10.5. The van der Waals surface area contributed by atoms with Crippen molar-refractivity contribution in [2.45, 2.75) is 71.2 Å². The third kappa shape index (κ3) is 56.4. The fourth-order valence-electron chi connectivity index (χ4n) is 0.465. The highest BCUT2D eigenvalue weighted by atomic mass is 16.7. The van der Waals surface area contributed by atoms with Gasteiger partial charge in [-0.2, -0.15) is 0 Å². The van der Waals surface area contributed by atoms with Crippen molar-refractivity contribution in [3.8, 4) is 0 Å². The summed E-state index contributed by atoms with van der Waals surface area (Å²) in [6, 6.07) is 0. The highest BCUT2D eigenvalue weighted by molar-refractivity contribution is 4.22. The van der Waals surface area contributed by atoms with Gasteiger partial charge in [-0.25, -0.2) is 0 Å². The predicted molar refractivity (Wildman–Crippen MR) is 77.7 cm³/mol. The van der Waals surface area contributed by atoms with E-state index in [9.17, 15) is 0 Å². The molecule has 104 valence electrons. The molecule has 0 saturated heterocycles. The highest BCUT2D eigenvalue weighted by Gasteiger charge is 1.83. The van der Waals surface area contributed by atoms with Gasteiger partial charge < -0.3 is 9.47 Å². The summed E-state index contributed by atoms with van der Waals surface area (Å²) < 4.78 is 10.1. The minimum Gasteiger partial charge on any atom is -0.355 e. The Labute approximate surface area is 101 Å². The van der Waals surface area contributed by atoms with Gasteiger partial charge in [0.2, 0.25) is 0 Å². The largest absolute Gasteiger partial charge is 0.355 e. The standard InChI is InChI=1S/C7H16O2.6CH4/c1-3-5-8-7-9-6-4-2;;;;;;/h3-7H2,1-2H3;6*1H4. The molecule has 15 heavy (non-hydrogen) atoms. The van der Waals surface area contributed by atoms with Crippen molar-refractivity contribution < 1.29 is 9.47 Å². The zero-order valence-corrected chi connectivity index (χ0v) is 6.35. The molecule has 0 rings (SSSR count). The van der Waals surface area contributed by atoms with Crippen LogP contribution in [0.2, 0.25) is 0 Å². The average Bonchev–Trinajstić information content (AvgIpc) is 1.89. The zero-order chi connectivity index (χ0) is 6.95. The van der Waals surface area contributed by atoms with E-state index in [1.54, 1.807) is 0 Å². The Bertz CT molecular complexity index is 41.8. The summed E-state index contributed by atoms with van der Waals surface area (Å²) in [7, 11) is 0. The molecular formula is C13H40O2. The van der Waals surface area contributed by atoms with Gasteiger partial charge in [0, 0.05) is 13.2 Å². The van der Waals surface area contributed by atoms with Crippen molar-refractivity contribution in [3.63, 3.8) is 0 Å². The van der Waals surface area contributed by atoms with E-state index in [4.69, 9.17) is 9.47 Å². The SMILES string of the molecule is C.C.C.C.C.C.CCCOCOCCC. The van der Waals surface area contributed by atoms with Crippen molar-refractivity contribution in [1.29, 1.82) is 0 Å². The monoisotopic (exact) mass is 228 g/mol. The molecule has 0 unspecified atom stereocenters. The topological polar surface area (TPSA) is 18.5 Å². The lowest BCUT2D eigenvalue weighted by molar-refractivity contribution is -0.0531. The fourth-order valence-corrected chi connectivity index (χ4v) is 0.465. The smallest absolute Gasteiger partial charge is 0.146 e. The summed E-state index contributed by atoms with van der Waals surface area (Å²) in [5, 5.41) is 0. The summed E-state index contributed by atoms with van der Waals surface area (Å²) in [5.74, 6) is 0. The van der Waals surface area contributed by atoms with E-state index < -0.39 is 0 Å². The van der Waals surface area contributed by atoms with Gasteiger partial charge in [0.25, 0.3) is 0 Å². The minimum absolute atomic E-state index is 0. The fraction of sp³-hybridized carbons (Fsp3) is 1.00. The Hall–Kier alpha value is -0.0800. The van der Waals surface area contributed by atoms with Crippen LogP contribution in [0.3, 0.4) is 0 Å². The summed E-state index contributed by atoms with van der Waals surface area (Å²) >= 11 is 0. The Morgan fingerprint density at radius 2 is 0.867 bits per heavy atom. The van der Waals surface area contributed by atoms with Crippen LogP contribution in [-0.4, -0.2) is 20.0 Å². The average molecular weight is 228 g/mol. The number of hydrogen-bond donors (Lipinski definition) is 0. The van der Waals surface area contributed by atoms with Gasteiger partial charge >= 0.3 is 0 Å². The quantitative estimate of drug-likeness (QED) is 0.434. The first-order chi connectivity index (χ1) is 4.41. The van der Waals surface area contributed by atoms with E-state index >= 15 is 0 Å². The van der Waals surface area contributed by atoms with Gasteiger partial charge in [-0.05, 0) is 12.8 Å². The second-order valence-electron chi connectivity index (χ2n) is 1.93. The maximum atomic E-state index is 5.06. The van der Waals surface area contributed by atoms with Crippen molar-refractivity contribution in [1.82, 2.24) is 0 Å². The molecule has 2 heteroatoms. The molecule has 0 atom stereocenters. The van der Waals surface area contributed by atoms with Gasteiger partial charge in [0.1, 0.15) is 6.79 Å². The van der Waals surface area contributed by atoms with Crippen LogP contribution >= 0.6 is 0 Å². The number of rotatable bonds is 6. The van der Waals surface area contributed by atoms with Crippen LogP contribution < -0.4 is 0 Å². The van der Waals surface area contributed by atoms with Crippen LogP contribution in [0.4, 0.5) is 0 Å². The molecule has 0 heterocycles. The van der Waals surface area contributed by atoms with Gasteiger partial charge in [-0.15, -0.1) is 0 Å². The van der Waals surface area contributed by atoms with Crippen molar-refractivity contribution in [3.05, 3.63) is 0 Å². The molecule has 0 N–H and O–H groups in total. The second-order valence-corrected chi connectivity index (χ2v) is 1.93. The summed E-state index contributed by atoms with van der Waals surface area (Å²) in [6.07, 6.45) is 2.13. The molecule has 0 aromatic carbocycles. The predicted octanol–water partition coefficient (Wildman–Crippen LogP) is 5.61. The van der Waals surface area contributed by atoms with Crippen molar-refractivity contribution >= 4 is 0 Å². The van der Waals surface area contributed by atoms with E-state index in [1.807, 2.05) is 0 Å². The Morgan fingerprint density at radius 1 is 0.600 bits per heavy atom. The van der Waals surface area contributed by atoms with Crippen LogP contribution in [0.25, 0.3) is 0 Å². The Kier molecular flexibility index (Phi) is 149. The molecule has 0 aliphatic carbocycles. The van der Waals surface area contributed by atoms with Crippen molar-refractivity contribution in [2.24, 2.45) is 0 Å². The highest BCUT2D eigenvalue weighted by Crippen LogP contribution is 1.83. The van der Waals surface area contributed by atoms with Crippen molar-refractivity contribution in [2.75, 3.05) is 20.0 Å². The lowest BCUT2D eigenvalue weighted by Gasteiger charge is -2.01. The normalized spacial score (nSPS) is 6.00. The molecule has 0 fully saturated rings. The van der Waals surface area contributed by atoms with E-state index in [0.717, 1.165) is 26.1 Å². The van der Waals surface area contributed by atoms with Gasteiger partial charge in [0.15, 0.2) is 0 Å². The Balaban J connectivity index is -0.0000000213. The molecular weight excluding hydrogens is 188 g/mol. The van der Waals surface area contributed by atoms with Crippen LogP contribution in [0.15, 0.2) is 0 Å². The van der Waals surface area contributed by atoms with Crippen LogP contribution in [-0.2, 0) is 9.47 Å². The molecule has 0 aromatic rings. The first-order valence-electron chi connectivity index (χ1n) is 3.57. The molecule has 0 aliphatic heterocycles. The second kappa shape index (κ2) is 48.5.